The third-order valence-electron chi connectivity index (χ3n) is 3.09. The zero-order chi connectivity index (χ0) is 9.76. The van der Waals surface area contributed by atoms with Gasteiger partial charge in [0, 0.05) is 35.1 Å². The highest BCUT2D eigenvalue weighted by molar-refractivity contribution is 5.89. The number of hydrogen-bond donors (Lipinski definition) is 0. The van der Waals surface area contributed by atoms with Gasteiger partial charge in [0.1, 0.15) is 0 Å². The van der Waals surface area contributed by atoms with E-state index in [-0.39, 0.29) is 5.41 Å². The van der Waals surface area contributed by atoms with Crippen molar-refractivity contribution >= 4 is 10.8 Å². The van der Waals surface area contributed by atoms with E-state index in [1.165, 1.54) is 22.0 Å². The fraction of sp³-hybridized carbons (Fsp3) is 0.333. The molecule has 2 aromatic rings. The Labute approximate surface area is 83.0 Å². The Morgan fingerprint density at radius 1 is 1.29 bits per heavy atom. The lowest BCUT2D eigenvalue weighted by atomic mass is 9.87. The lowest BCUT2D eigenvalue weighted by Crippen LogP contribution is -2.15. The second-order valence-electron chi connectivity index (χ2n) is 4.60. The monoisotopic (exact) mass is 184 g/mol. The molecule has 0 amide bonds. The Kier molecular flexibility index (Phi) is 1.31. The zero-order valence-corrected chi connectivity index (χ0v) is 8.41. The molecule has 0 N–H and O–H groups in total. The first-order valence-electron chi connectivity index (χ1n) is 4.90. The maximum absolute atomic E-state index is 4.45. The van der Waals surface area contributed by atoms with Gasteiger partial charge < -0.3 is 0 Å². The SMILES string of the molecule is CC1(C)Cc2nccc3cncc1c23. The second kappa shape index (κ2) is 2.32. The van der Waals surface area contributed by atoms with Crippen LogP contribution >= 0.6 is 0 Å². The van der Waals surface area contributed by atoms with Crippen LogP contribution in [0.2, 0.25) is 0 Å². The normalized spacial score (nSPS) is 17.6. The average molecular weight is 184 g/mol. The topological polar surface area (TPSA) is 25.8 Å². The van der Waals surface area contributed by atoms with Crippen molar-refractivity contribution in [2.75, 3.05) is 0 Å². The summed E-state index contributed by atoms with van der Waals surface area (Å²) in [7, 11) is 0. The summed E-state index contributed by atoms with van der Waals surface area (Å²) in [5.74, 6) is 0. The van der Waals surface area contributed by atoms with Gasteiger partial charge in [0.05, 0.1) is 0 Å². The summed E-state index contributed by atoms with van der Waals surface area (Å²) in [6, 6.07) is 2.04. The molecule has 70 valence electrons. The summed E-state index contributed by atoms with van der Waals surface area (Å²) in [5.41, 5.74) is 2.77. The molecule has 2 heterocycles. The lowest BCUT2D eigenvalue weighted by Gasteiger charge is -2.17. The lowest BCUT2D eigenvalue weighted by molar-refractivity contribution is 0.539. The first-order chi connectivity index (χ1) is 6.68. The Hall–Kier alpha value is -1.44. The Bertz CT molecular complexity index is 509. The number of pyridine rings is 2. The van der Waals surface area contributed by atoms with E-state index < -0.39 is 0 Å². The van der Waals surface area contributed by atoms with Crippen LogP contribution in [0.4, 0.5) is 0 Å². The summed E-state index contributed by atoms with van der Waals surface area (Å²) >= 11 is 0. The van der Waals surface area contributed by atoms with Crippen LogP contribution in [0.25, 0.3) is 10.8 Å². The van der Waals surface area contributed by atoms with Crippen LogP contribution in [0.1, 0.15) is 25.1 Å². The molecular weight excluding hydrogens is 172 g/mol. The van der Waals surface area contributed by atoms with Crippen LogP contribution in [0.5, 0.6) is 0 Å². The molecule has 0 aromatic carbocycles. The van der Waals surface area contributed by atoms with Crippen molar-refractivity contribution in [3.05, 3.63) is 35.9 Å². The van der Waals surface area contributed by atoms with Crippen molar-refractivity contribution in [3.8, 4) is 0 Å². The molecule has 0 radical (unpaired) electrons. The number of rotatable bonds is 0. The van der Waals surface area contributed by atoms with Gasteiger partial charge in [-0.25, -0.2) is 0 Å². The van der Waals surface area contributed by atoms with Gasteiger partial charge in [-0.15, -0.1) is 0 Å². The first-order valence-corrected chi connectivity index (χ1v) is 4.90. The highest BCUT2D eigenvalue weighted by atomic mass is 14.7. The molecule has 0 saturated carbocycles. The fourth-order valence-corrected chi connectivity index (χ4v) is 2.36. The van der Waals surface area contributed by atoms with Gasteiger partial charge in [-0.3, -0.25) is 9.97 Å². The van der Waals surface area contributed by atoms with Crippen LogP contribution in [0.15, 0.2) is 24.7 Å². The first kappa shape index (κ1) is 7.92. The smallest absolute Gasteiger partial charge is 0.0494 e. The predicted octanol–water partition coefficient (Wildman–Crippen LogP) is 2.46. The number of nitrogens with zero attached hydrogens (tertiary/aromatic N) is 2. The van der Waals surface area contributed by atoms with Gasteiger partial charge in [0.25, 0.3) is 0 Å². The van der Waals surface area contributed by atoms with E-state index in [9.17, 15) is 0 Å². The molecule has 3 rings (SSSR count). The van der Waals surface area contributed by atoms with Crippen molar-refractivity contribution in [1.29, 1.82) is 0 Å². The third-order valence-corrected chi connectivity index (χ3v) is 3.09. The summed E-state index contributed by atoms with van der Waals surface area (Å²) in [4.78, 5) is 8.73. The molecule has 2 nitrogen and oxygen atoms in total. The van der Waals surface area contributed by atoms with E-state index in [0.29, 0.717) is 0 Å². The molecule has 14 heavy (non-hydrogen) atoms. The third kappa shape index (κ3) is 0.857. The van der Waals surface area contributed by atoms with E-state index in [0.717, 1.165) is 6.42 Å². The van der Waals surface area contributed by atoms with Crippen LogP contribution in [0.3, 0.4) is 0 Å². The predicted molar refractivity (Wildman–Crippen MR) is 56.3 cm³/mol. The van der Waals surface area contributed by atoms with Gasteiger partial charge in [0.15, 0.2) is 0 Å². The maximum atomic E-state index is 4.45. The highest BCUT2D eigenvalue weighted by Crippen LogP contribution is 2.40. The minimum Gasteiger partial charge on any atom is -0.264 e. The van der Waals surface area contributed by atoms with Gasteiger partial charge in [-0.05, 0) is 23.5 Å². The van der Waals surface area contributed by atoms with Crippen molar-refractivity contribution < 1.29 is 0 Å². The van der Waals surface area contributed by atoms with Crippen molar-refractivity contribution in [1.82, 2.24) is 9.97 Å². The highest BCUT2D eigenvalue weighted by Gasteiger charge is 2.32. The minimum absolute atomic E-state index is 0.198. The Balaban J connectivity index is 2.50. The molecule has 0 bridgehead atoms. The zero-order valence-electron chi connectivity index (χ0n) is 8.41. The largest absolute Gasteiger partial charge is 0.264 e. The van der Waals surface area contributed by atoms with Gasteiger partial charge in [-0.2, -0.15) is 0 Å². The van der Waals surface area contributed by atoms with Gasteiger partial charge in [-0.1, -0.05) is 13.8 Å². The molecule has 0 unspecified atom stereocenters. The Morgan fingerprint density at radius 2 is 2.14 bits per heavy atom. The van der Waals surface area contributed by atoms with Crippen molar-refractivity contribution in [2.45, 2.75) is 25.7 Å². The van der Waals surface area contributed by atoms with E-state index >= 15 is 0 Å². The number of aromatic nitrogens is 2. The molecular formula is C12H12N2. The van der Waals surface area contributed by atoms with Crippen molar-refractivity contribution in [3.63, 3.8) is 0 Å². The summed E-state index contributed by atoms with van der Waals surface area (Å²) in [6.45, 7) is 4.51. The molecule has 0 fully saturated rings. The van der Waals surface area contributed by atoms with Crippen LogP contribution in [-0.2, 0) is 11.8 Å². The maximum Gasteiger partial charge on any atom is 0.0494 e. The molecule has 0 spiro atoms. The summed E-state index contributed by atoms with van der Waals surface area (Å²) < 4.78 is 0. The van der Waals surface area contributed by atoms with Crippen LogP contribution in [-0.4, -0.2) is 9.97 Å². The molecule has 0 atom stereocenters. The second-order valence-corrected chi connectivity index (χ2v) is 4.60. The quantitative estimate of drug-likeness (QED) is 0.628. The van der Waals surface area contributed by atoms with Gasteiger partial charge >= 0.3 is 0 Å². The molecule has 0 aliphatic heterocycles. The van der Waals surface area contributed by atoms with Crippen LogP contribution < -0.4 is 0 Å². The molecule has 2 aromatic heterocycles. The molecule has 0 saturated heterocycles. The van der Waals surface area contributed by atoms with Gasteiger partial charge in [0.2, 0.25) is 0 Å². The average Bonchev–Trinajstić information content (AvgIpc) is 2.41. The van der Waals surface area contributed by atoms with Crippen molar-refractivity contribution in [2.24, 2.45) is 0 Å². The van der Waals surface area contributed by atoms with E-state index in [2.05, 4.69) is 23.8 Å². The Morgan fingerprint density at radius 3 is 3.00 bits per heavy atom. The molecule has 1 aliphatic rings. The standard InChI is InChI=1S/C12H12N2/c1-12(2)5-10-11-8(3-4-14-10)6-13-7-9(11)12/h3-4,6-7H,5H2,1-2H3. The summed E-state index contributed by atoms with van der Waals surface area (Å²) in [5, 5.41) is 2.55. The van der Waals surface area contributed by atoms with Crippen LogP contribution in [0, 0.1) is 0 Å². The number of hydrogen-bond acceptors (Lipinski definition) is 2. The minimum atomic E-state index is 0.198. The molecule has 2 heteroatoms. The van der Waals surface area contributed by atoms with E-state index in [1.54, 1.807) is 0 Å². The summed E-state index contributed by atoms with van der Waals surface area (Å²) in [6.07, 6.45) is 6.82. The van der Waals surface area contributed by atoms with E-state index in [1.807, 2.05) is 24.7 Å². The van der Waals surface area contributed by atoms with E-state index in [4.69, 9.17) is 0 Å². The molecule has 1 aliphatic carbocycles. The fourth-order valence-electron chi connectivity index (χ4n) is 2.36.